The molecule has 2 aromatic carbocycles. The van der Waals surface area contributed by atoms with Gasteiger partial charge in [-0.2, -0.15) is 0 Å². The monoisotopic (exact) mass is 354 g/mol. The smallest absolute Gasteiger partial charge is 0.266 e. The number of hydrogen-bond acceptors (Lipinski definition) is 6. The third-order valence-electron chi connectivity index (χ3n) is 4.34. The maximum atomic E-state index is 12.6. The summed E-state index contributed by atoms with van der Waals surface area (Å²) in [6, 6.07) is 5.85. The molecule has 0 spiro atoms. The van der Waals surface area contributed by atoms with Crippen molar-refractivity contribution in [2.45, 2.75) is 13.8 Å². The molecule has 0 fully saturated rings. The number of carbonyl (C=O) groups is 4. The molecule has 8 heteroatoms. The molecule has 0 saturated heterocycles. The Balaban J connectivity index is 2.02. The molecule has 132 valence electrons. The van der Waals surface area contributed by atoms with E-state index in [1.54, 1.807) is 13.8 Å². The van der Waals surface area contributed by atoms with Gasteiger partial charge in [0.1, 0.15) is 0 Å². The molecule has 26 heavy (non-hydrogen) atoms. The number of amides is 4. The fourth-order valence-corrected chi connectivity index (χ4v) is 3.32. The van der Waals surface area contributed by atoms with Gasteiger partial charge in [0, 0.05) is 10.8 Å². The van der Waals surface area contributed by atoms with Crippen molar-refractivity contribution in [2.75, 3.05) is 13.2 Å². The number of rotatable bonds is 4. The Kier molecular flexibility index (Phi) is 3.60. The van der Waals surface area contributed by atoms with Crippen molar-refractivity contribution >= 4 is 34.4 Å². The predicted octanol–water partition coefficient (Wildman–Crippen LogP) is 1.93. The lowest BCUT2D eigenvalue weighted by Crippen LogP contribution is -2.43. The molecule has 2 heterocycles. The second kappa shape index (κ2) is 5.72. The molecular weight excluding hydrogens is 340 g/mol. The second-order valence-corrected chi connectivity index (χ2v) is 5.72. The van der Waals surface area contributed by atoms with Crippen LogP contribution in [0, 0.1) is 0 Å². The van der Waals surface area contributed by atoms with Crippen LogP contribution >= 0.6 is 0 Å². The minimum atomic E-state index is -0.625. The molecule has 0 aromatic heterocycles. The van der Waals surface area contributed by atoms with Crippen LogP contribution < -0.4 is 0 Å². The van der Waals surface area contributed by atoms with Gasteiger partial charge in [-0.05, 0) is 38.1 Å². The van der Waals surface area contributed by atoms with Gasteiger partial charge < -0.3 is 0 Å². The van der Waals surface area contributed by atoms with Crippen molar-refractivity contribution in [3.8, 4) is 0 Å². The van der Waals surface area contributed by atoms with Crippen molar-refractivity contribution in [3.63, 3.8) is 0 Å². The highest BCUT2D eigenvalue weighted by Crippen LogP contribution is 2.37. The summed E-state index contributed by atoms with van der Waals surface area (Å²) in [6.07, 6.45) is 0. The van der Waals surface area contributed by atoms with Gasteiger partial charge in [0.2, 0.25) is 0 Å². The van der Waals surface area contributed by atoms with E-state index in [9.17, 15) is 19.2 Å². The Morgan fingerprint density at radius 1 is 0.615 bits per heavy atom. The first-order chi connectivity index (χ1) is 12.5. The summed E-state index contributed by atoms with van der Waals surface area (Å²) in [5.41, 5.74) is 0.830. The topological polar surface area (TPSA) is 93.2 Å². The maximum absolute atomic E-state index is 12.6. The number of hydrogen-bond donors (Lipinski definition) is 0. The highest BCUT2D eigenvalue weighted by molar-refractivity contribution is 6.32. The van der Waals surface area contributed by atoms with Gasteiger partial charge in [0.15, 0.2) is 0 Å². The minimum absolute atomic E-state index is 0.145. The summed E-state index contributed by atoms with van der Waals surface area (Å²) in [5, 5.41) is 2.00. The fourth-order valence-electron chi connectivity index (χ4n) is 3.32. The Labute approximate surface area is 147 Å². The van der Waals surface area contributed by atoms with E-state index in [1.807, 2.05) is 0 Å². The van der Waals surface area contributed by atoms with E-state index in [2.05, 4.69) is 0 Å². The Hall–Kier alpha value is -3.10. The lowest BCUT2D eigenvalue weighted by Gasteiger charge is -2.30. The summed E-state index contributed by atoms with van der Waals surface area (Å²) in [7, 11) is 0. The SMILES string of the molecule is CCON1C(=O)c2ccc3c4c(ccc(c24)C1=O)C(=O)N(OCC)C3=O. The Bertz CT molecular complexity index is 861. The molecular formula is C18H14N2O6. The predicted molar refractivity (Wildman–Crippen MR) is 88.2 cm³/mol. The van der Waals surface area contributed by atoms with E-state index in [0.29, 0.717) is 20.9 Å². The first-order valence-corrected chi connectivity index (χ1v) is 8.14. The standard InChI is InChI=1S/C18H14N2O6/c1-3-25-19-15(21)9-5-7-11-14-12(8-6-10(13(9)14)16(19)22)18(24)20(17(11)23)26-4-2/h5-8H,3-4H2,1-2H3. The van der Waals surface area contributed by atoms with Crippen molar-refractivity contribution in [1.29, 1.82) is 0 Å². The highest BCUT2D eigenvalue weighted by Gasteiger charge is 2.40. The molecule has 2 aromatic rings. The average molecular weight is 354 g/mol. The zero-order valence-electron chi connectivity index (χ0n) is 14.1. The molecule has 0 aliphatic carbocycles. The van der Waals surface area contributed by atoms with Gasteiger partial charge in [-0.15, -0.1) is 10.1 Å². The van der Waals surface area contributed by atoms with Crippen LogP contribution in [0.25, 0.3) is 10.8 Å². The van der Waals surface area contributed by atoms with E-state index in [4.69, 9.17) is 9.68 Å². The van der Waals surface area contributed by atoms with Gasteiger partial charge in [-0.25, -0.2) is 0 Å². The number of carbonyl (C=O) groups excluding carboxylic acids is 4. The summed E-state index contributed by atoms with van der Waals surface area (Å²) >= 11 is 0. The van der Waals surface area contributed by atoms with Crippen molar-refractivity contribution in [3.05, 3.63) is 46.5 Å². The Morgan fingerprint density at radius 2 is 0.885 bits per heavy atom. The van der Waals surface area contributed by atoms with Crippen molar-refractivity contribution in [1.82, 2.24) is 10.1 Å². The maximum Gasteiger partial charge on any atom is 0.285 e. The van der Waals surface area contributed by atoms with Crippen LogP contribution in [0.5, 0.6) is 0 Å². The number of imide groups is 2. The summed E-state index contributed by atoms with van der Waals surface area (Å²) in [6.45, 7) is 3.62. The van der Waals surface area contributed by atoms with Gasteiger partial charge in [0.05, 0.1) is 35.5 Å². The van der Waals surface area contributed by atoms with Crippen molar-refractivity contribution in [2.24, 2.45) is 0 Å². The molecule has 4 amide bonds. The first-order valence-electron chi connectivity index (χ1n) is 8.14. The molecule has 0 atom stereocenters. The molecule has 0 saturated carbocycles. The molecule has 4 rings (SSSR count). The largest absolute Gasteiger partial charge is 0.285 e. The van der Waals surface area contributed by atoms with Gasteiger partial charge in [-0.1, -0.05) is 0 Å². The van der Waals surface area contributed by atoms with E-state index in [1.165, 1.54) is 24.3 Å². The van der Waals surface area contributed by atoms with Gasteiger partial charge >= 0.3 is 0 Å². The van der Waals surface area contributed by atoms with Crippen LogP contribution in [-0.4, -0.2) is 47.0 Å². The van der Waals surface area contributed by atoms with E-state index in [-0.39, 0.29) is 35.5 Å². The zero-order chi connectivity index (χ0) is 18.6. The second-order valence-electron chi connectivity index (χ2n) is 5.72. The summed E-state index contributed by atoms with van der Waals surface area (Å²) in [5.74, 6) is -2.50. The van der Waals surface area contributed by atoms with Crippen LogP contribution in [0.2, 0.25) is 0 Å². The molecule has 0 bridgehead atoms. The molecule has 0 N–H and O–H groups in total. The molecule has 0 radical (unpaired) electrons. The number of benzene rings is 2. The van der Waals surface area contributed by atoms with Crippen LogP contribution in [0.4, 0.5) is 0 Å². The van der Waals surface area contributed by atoms with Crippen LogP contribution in [-0.2, 0) is 9.68 Å². The minimum Gasteiger partial charge on any atom is -0.266 e. The molecule has 0 unspecified atom stereocenters. The molecule has 2 aliphatic heterocycles. The van der Waals surface area contributed by atoms with Crippen molar-refractivity contribution < 1.29 is 28.9 Å². The molecule has 8 nitrogen and oxygen atoms in total. The lowest BCUT2D eigenvalue weighted by atomic mass is 9.87. The van der Waals surface area contributed by atoms with Crippen LogP contribution in [0.1, 0.15) is 55.3 Å². The molecule has 2 aliphatic rings. The normalized spacial score (nSPS) is 16.1. The first kappa shape index (κ1) is 16.4. The third kappa shape index (κ3) is 1.97. The van der Waals surface area contributed by atoms with Gasteiger partial charge in [0.25, 0.3) is 23.6 Å². The number of hydroxylamine groups is 4. The van der Waals surface area contributed by atoms with E-state index >= 15 is 0 Å². The van der Waals surface area contributed by atoms with E-state index in [0.717, 1.165) is 0 Å². The fraction of sp³-hybridized carbons (Fsp3) is 0.222. The third-order valence-corrected chi connectivity index (χ3v) is 4.34. The lowest BCUT2D eigenvalue weighted by molar-refractivity contribution is -0.0910. The Morgan fingerprint density at radius 3 is 1.12 bits per heavy atom. The van der Waals surface area contributed by atoms with Gasteiger partial charge in [-0.3, -0.25) is 28.9 Å². The average Bonchev–Trinajstić information content (AvgIpc) is 2.64. The number of nitrogens with zero attached hydrogens (tertiary/aromatic N) is 2. The summed E-state index contributed by atoms with van der Waals surface area (Å²) < 4.78 is 0. The quantitative estimate of drug-likeness (QED) is 0.779. The van der Waals surface area contributed by atoms with Crippen LogP contribution in [0.3, 0.4) is 0 Å². The van der Waals surface area contributed by atoms with Crippen LogP contribution in [0.15, 0.2) is 24.3 Å². The zero-order valence-corrected chi connectivity index (χ0v) is 14.1. The van der Waals surface area contributed by atoms with E-state index < -0.39 is 23.6 Å². The highest BCUT2D eigenvalue weighted by atomic mass is 16.7. The summed E-state index contributed by atoms with van der Waals surface area (Å²) in [4.78, 5) is 60.9.